The zero-order valence-electron chi connectivity index (χ0n) is 7.79. The van der Waals surface area contributed by atoms with E-state index >= 15 is 0 Å². The molecule has 0 aromatic heterocycles. The molecule has 1 aromatic rings. The summed E-state index contributed by atoms with van der Waals surface area (Å²) in [6.07, 6.45) is 2.17. The van der Waals surface area contributed by atoms with E-state index in [1.165, 1.54) is 0 Å². The summed E-state index contributed by atoms with van der Waals surface area (Å²) >= 11 is 0. The van der Waals surface area contributed by atoms with Crippen LogP contribution in [-0.2, 0) is 0 Å². The summed E-state index contributed by atoms with van der Waals surface area (Å²) in [6.45, 7) is 0. The molecule has 0 unspecified atom stereocenters. The van der Waals surface area contributed by atoms with Crippen LogP contribution >= 0.6 is 0 Å². The SMILES string of the molecule is NNc1ccccc1C(=O)NC1CC1. The van der Waals surface area contributed by atoms with Crippen LogP contribution in [0.2, 0.25) is 0 Å². The van der Waals surface area contributed by atoms with Gasteiger partial charge in [0, 0.05) is 6.04 Å². The molecule has 0 saturated heterocycles. The summed E-state index contributed by atoms with van der Waals surface area (Å²) in [5, 5.41) is 2.91. The number of rotatable bonds is 3. The van der Waals surface area contributed by atoms with Gasteiger partial charge in [-0.15, -0.1) is 0 Å². The summed E-state index contributed by atoms with van der Waals surface area (Å²) in [7, 11) is 0. The first kappa shape index (κ1) is 9.02. The third kappa shape index (κ3) is 1.85. The summed E-state index contributed by atoms with van der Waals surface area (Å²) < 4.78 is 0. The number of carbonyl (C=O) groups is 1. The van der Waals surface area contributed by atoms with Crippen LogP contribution in [0, 0.1) is 0 Å². The van der Waals surface area contributed by atoms with Gasteiger partial charge in [0.25, 0.3) is 5.91 Å². The number of benzene rings is 1. The van der Waals surface area contributed by atoms with Crippen LogP contribution in [0.5, 0.6) is 0 Å². The molecule has 0 atom stereocenters. The Labute approximate surface area is 82.5 Å². The average Bonchev–Trinajstić information content (AvgIpc) is 3.01. The first-order valence-electron chi connectivity index (χ1n) is 4.68. The minimum Gasteiger partial charge on any atom is -0.349 e. The van der Waals surface area contributed by atoms with Gasteiger partial charge in [-0.25, -0.2) is 0 Å². The predicted molar refractivity (Wildman–Crippen MR) is 54.7 cm³/mol. The second-order valence-corrected chi connectivity index (χ2v) is 3.44. The number of nitrogen functional groups attached to an aromatic ring is 1. The van der Waals surface area contributed by atoms with Crippen LogP contribution in [0.25, 0.3) is 0 Å². The Hall–Kier alpha value is -1.55. The van der Waals surface area contributed by atoms with E-state index in [0.717, 1.165) is 12.8 Å². The Kier molecular flexibility index (Phi) is 2.37. The van der Waals surface area contributed by atoms with Crippen LogP contribution in [0.1, 0.15) is 23.2 Å². The third-order valence-electron chi connectivity index (χ3n) is 2.24. The molecule has 4 nitrogen and oxygen atoms in total. The molecule has 1 fully saturated rings. The number of hydrazine groups is 1. The molecule has 74 valence electrons. The molecule has 4 heteroatoms. The van der Waals surface area contributed by atoms with E-state index in [4.69, 9.17) is 5.84 Å². The van der Waals surface area contributed by atoms with Gasteiger partial charge in [-0.3, -0.25) is 10.6 Å². The summed E-state index contributed by atoms with van der Waals surface area (Å²) in [6, 6.07) is 7.56. The molecule has 14 heavy (non-hydrogen) atoms. The fourth-order valence-corrected chi connectivity index (χ4v) is 1.30. The monoisotopic (exact) mass is 191 g/mol. The van der Waals surface area contributed by atoms with Crippen molar-refractivity contribution in [3.8, 4) is 0 Å². The van der Waals surface area contributed by atoms with Crippen molar-refractivity contribution < 1.29 is 4.79 Å². The molecule has 1 saturated carbocycles. The lowest BCUT2D eigenvalue weighted by molar-refractivity contribution is 0.0952. The van der Waals surface area contributed by atoms with Crippen molar-refractivity contribution in [1.82, 2.24) is 5.32 Å². The number of para-hydroxylation sites is 1. The van der Waals surface area contributed by atoms with E-state index in [0.29, 0.717) is 17.3 Å². The van der Waals surface area contributed by atoms with Crippen LogP contribution in [0.15, 0.2) is 24.3 Å². The van der Waals surface area contributed by atoms with Crippen molar-refractivity contribution >= 4 is 11.6 Å². The molecule has 0 aliphatic heterocycles. The number of amides is 1. The largest absolute Gasteiger partial charge is 0.349 e. The molecule has 0 heterocycles. The smallest absolute Gasteiger partial charge is 0.253 e. The molecule has 1 aliphatic carbocycles. The van der Waals surface area contributed by atoms with Gasteiger partial charge >= 0.3 is 0 Å². The Morgan fingerprint density at radius 3 is 2.71 bits per heavy atom. The van der Waals surface area contributed by atoms with E-state index in [1.807, 2.05) is 12.1 Å². The lowest BCUT2D eigenvalue weighted by Gasteiger charge is -2.08. The topological polar surface area (TPSA) is 67.1 Å². The number of hydrogen-bond acceptors (Lipinski definition) is 3. The van der Waals surface area contributed by atoms with E-state index in [9.17, 15) is 4.79 Å². The maximum atomic E-state index is 11.7. The zero-order valence-corrected chi connectivity index (χ0v) is 7.79. The number of nitrogens with two attached hydrogens (primary N) is 1. The Morgan fingerprint density at radius 1 is 1.36 bits per heavy atom. The van der Waals surface area contributed by atoms with E-state index in [1.54, 1.807) is 12.1 Å². The molecular weight excluding hydrogens is 178 g/mol. The zero-order chi connectivity index (χ0) is 9.97. The molecule has 4 N–H and O–H groups in total. The molecule has 1 aromatic carbocycles. The van der Waals surface area contributed by atoms with Crippen molar-refractivity contribution in [2.75, 3.05) is 5.43 Å². The van der Waals surface area contributed by atoms with Crippen molar-refractivity contribution in [3.63, 3.8) is 0 Å². The molecule has 0 radical (unpaired) electrons. The van der Waals surface area contributed by atoms with Crippen molar-refractivity contribution in [3.05, 3.63) is 29.8 Å². The van der Waals surface area contributed by atoms with Gasteiger partial charge < -0.3 is 10.7 Å². The molecular formula is C10H13N3O. The van der Waals surface area contributed by atoms with E-state index in [-0.39, 0.29) is 5.91 Å². The summed E-state index contributed by atoms with van der Waals surface area (Å²) in [5.74, 6) is 5.25. The minimum absolute atomic E-state index is 0.0546. The van der Waals surface area contributed by atoms with Gasteiger partial charge in [0.05, 0.1) is 11.3 Å². The first-order chi connectivity index (χ1) is 6.81. The Bertz CT molecular complexity index is 347. The highest BCUT2D eigenvalue weighted by atomic mass is 16.1. The summed E-state index contributed by atoms with van der Waals surface area (Å²) in [4.78, 5) is 11.7. The number of nitrogens with one attached hydrogen (secondary N) is 2. The van der Waals surface area contributed by atoms with Crippen LogP contribution in [0.4, 0.5) is 5.69 Å². The number of anilines is 1. The summed E-state index contributed by atoms with van der Waals surface area (Å²) in [5.41, 5.74) is 3.77. The highest BCUT2D eigenvalue weighted by Gasteiger charge is 2.24. The maximum Gasteiger partial charge on any atom is 0.253 e. The highest BCUT2D eigenvalue weighted by molar-refractivity contribution is 5.99. The lowest BCUT2D eigenvalue weighted by atomic mass is 10.1. The molecule has 1 aliphatic rings. The normalized spacial score (nSPS) is 14.9. The van der Waals surface area contributed by atoms with Gasteiger partial charge in [0.15, 0.2) is 0 Å². The van der Waals surface area contributed by atoms with Crippen molar-refractivity contribution in [2.24, 2.45) is 5.84 Å². The minimum atomic E-state index is -0.0546. The van der Waals surface area contributed by atoms with E-state index < -0.39 is 0 Å². The van der Waals surface area contributed by atoms with Gasteiger partial charge in [-0.05, 0) is 25.0 Å². The number of hydrogen-bond donors (Lipinski definition) is 3. The van der Waals surface area contributed by atoms with Crippen LogP contribution < -0.4 is 16.6 Å². The standard InChI is InChI=1S/C10H13N3O/c11-13-9-4-2-1-3-8(9)10(14)12-7-5-6-7/h1-4,7,13H,5-6,11H2,(H,12,14). The highest BCUT2D eigenvalue weighted by Crippen LogP contribution is 2.21. The Balaban J connectivity index is 2.16. The Morgan fingerprint density at radius 2 is 2.07 bits per heavy atom. The van der Waals surface area contributed by atoms with Crippen LogP contribution in [0.3, 0.4) is 0 Å². The van der Waals surface area contributed by atoms with Gasteiger partial charge in [0.1, 0.15) is 0 Å². The molecule has 1 amide bonds. The average molecular weight is 191 g/mol. The fourth-order valence-electron chi connectivity index (χ4n) is 1.30. The molecule has 2 rings (SSSR count). The van der Waals surface area contributed by atoms with Gasteiger partial charge in [-0.1, -0.05) is 12.1 Å². The second-order valence-electron chi connectivity index (χ2n) is 3.44. The lowest BCUT2D eigenvalue weighted by Crippen LogP contribution is -2.26. The first-order valence-corrected chi connectivity index (χ1v) is 4.68. The van der Waals surface area contributed by atoms with Gasteiger partial charge in [0.2, 0.25) is 0 Å². The van der Waals surface area contributed by atoms with Crippen molar-refractivity contribution in [2.45, 2.75) is 18.9 Å². The van der Waals surface area contributed by atoms with Crippen molar-refractivity contribution in [1.29, 1.82) is 0 Å². The second kappa shape index (κ2) is 3.67. The van der Waals surface area contributed by atoms with Crippen LogP contribution in [-0.4, -0.2) is 11.9 Å². The van der Waals surface area contributed by atoms with Gasteiger partial charge in [-0.2, -0.15) is 0 Å². The molecule has 0 spiro atoms. The quantitative estimate of drug-likeness (QED) is 0.490. The third-order valence-corrected chi connectivity index (χ3v) is 2.24. The fraction of sp³-hybridized carbons (Fsp3) is 0.300. The molecule has 0 bridgehead atoms. The number of carbonyl (C=O) groups excluding carboxylic acids is 1. The van der Waals surface area contributed by atoms with E-state index in [2.05, 4.69) is 10.7 Å². The maximum absolute atomic E-state index is 11.7. The predicted octanol–water partition coefficient (Wildman–Crippen LogP) is 0.864.